The summed E-state index contributed by atoms with van der Waals surface area (Å²) in [6.45, 7) is 7.19. The Bertz CT molecular complexity index is 270. The maximum absolute atomic E-state index is 11.6. The number of rotatable bonds is 6. The molecule has 0 saturated heterocycles. The molecule has 0 bridgehead atoms. The van der Waals surface area contributed by atoms with Crippen LogP contribution in [0.5, 0.6) is 0 Å². The lowest BCUT2D eigenvalue weighted by Crippen LogP contribution is -2.49. The fourth-order valence-corrected chi connectivity index (χ4v) is 2.74. The highest BCUT2D eigenvalue weighted by Gasteiger charge is 2.22. The van der Waals surface area contributed by atoms with E-state index in [4.69, 9.17) is 5.11 Å². The van der Waals surface area contributed by atoms with Crippen molar-refractivity contribution in [2.45, 2.75) is 52.1 Å². The van der Waals surface area contributed by atoms with Gasteiger partial charge in [-0.15, -0.1) is 0 Å². The van der Waals surface area contributed by atoms with Gasteiger partial charge in [0.1, 0.15) is 0 Å². The average Bonchev–Trinajstić information content (AvgIpc) is 1.98. The Hall–Kier alpha value is -0.170. The van der Waals surface area contributed by atoms with Gasteiger partial charge in [-0.1, -0.05) is 6.92 Å². The molecule has 0 aliphatic heterocycles. The van der Waals surface area contributed by atoms with Gasteiger partial charge in [0.2, 0.25) is 0 Å². The summed E-state index contributed by atoms with van der Waals surface area (Å²) in [5.41, 5.74) is -0.497. The molecular formula is C9H22N2O3S. The second-order valence-corrected chi connectivity index (χ2v) is 6.04. The molecule has 0 rings (SSSR count). The molecule has 0 aliphatic carbocycles. The Morgan fingerprint density at radius 2 is 1.87 bits per heavy atom. The Labute approximate surface area is 92.4 Å². The quantitative estimate of drug-likeness (QED) is 0.625. The number of hydrogen-bond donors (Lipinski definition) is 3. The summed E-state index contributed by atoms with van der Waals surface area (Å²) in [5, 5.41) is 8.74. The second kappa shape index (κ2) is 5.79. The van der Waals surface area contributed by atoms with E-state index in [0.717, 1.165) is 0 Å². The van der Waals surface area contributed by atoms with Crippen LogP contribution in [0.3, 0.4) is 0 Å². The number of hydrogen-bond acceptors (Lipinski definition) is 3. The van der Waals surface area contributed by atoms with Crippen molar-refractivity contribution in [1.29, 1.82) is 0 Å². The fraction of sp³-hybridized carbons (Fsp3) is 1.00. The van der Waals surface area contributed by atoms with Gasteiger partial charge < -0.3 is 5.11 Å². The molecule has 1 unspecified atom stereocenters. The van der Waals surface area contributed by atoms with Gasteiger partial charge in [0.05, 0.1) is 0 Å². The minimum atomic E-state index is -3.48. The van der Waals surface area contributed by atoms with E-state index in [9.17, 15) is 8.42 Å². The standard InChI is InChI=1S/C9H22N2O3S/c1-5-8(6-7-12)10-15(13,14)11-9(2,3)4/h8,10-12H,5-7H2,1-4H3. The zero-order chi connectivity index (χ0) is 12.1. The molecule has 0 heterocycles. The zero-order valence-corrected chi connectivity index (χ0v) is 10.7. The number of nitrogens with one attached hydrogen (secondary N) is 2. The molecule has 0 aromatic carbocycles. The van der Waals surface area contributed by atoms with Crippen LogP contribution in [0.1, 0.15) is 40.5 Å². The van der Waals surface area contributed by atoms with E-state index in [-0.39, 0.29) is 12.6 Å². The molecule has 1 atom stereocenters. The van der Waals surface area contributed by atoms with Gasteiger partial charge in [-0.25, -0.2) is 0 Å². The normalized spacial score (nSPS) is 15.3. The lowest BCUT2D eigenvalue weighted by Gasteiger charge is -2.23. The molecule has 0 aliphatic rings. The van der Waals surface area contributed by atoms with Crippen LogP contribution in [-0.2, 0) is 10.2 Å². The largest absolute Gasteiger partial charge is 0.396 e. The van der Waals surface area contributed by atoms with Crippen LogP contribution in [0.2, 0.25) is 0 Å². The van der Waals surface area contributed by atoms with E-state index in [1.807, 2.05) is 6.92 Å². The molecule has 0 amide bonds. The molecule has 0 aromatic heterocycles. The Morgan fingerprint density at radius 1 is 1.33 bits per heavy atom. The van der Waals surface area contributed by atoms with Crippen LogP contribution in [0, 0.1) is 0 Å². The van der Waals surface area contributed by atoms with Gasteiger partial charge >= 0.3 is 0 Å². The third kappa shape index (κ3) is 7.72. The molecule has 0 spiro atoms. The van der Waals surface area contributed by atoms with Crippen molar-refractivity contribution in [2.75, 3.05) is 6.61 Å². The highest BCUT2D eigenvalue weighted by atomic mass is 32.2. The van der Waals surface area contributed by atoms with Gasteiger partial charge in [-0.05, 0) is 33.6 Å². The first-order valence-corrected chi connectivity index (χ1v) is 6.60. The fourth-order valence-electron chi connectivity index (χ4n) is 1.15. The third-order valence-electron chi connectivity index (χ3n) is 1.73. The van der Waals surface area contributed by atoms with Crippen molar-refractivity contribution >= 4 is 10.2 Å². The predicted molar refractivity (Wildman–Crippen MR) is 60.7 cm³/mol. The summed E-state index contributed by atoms with van der Waals surface area (Å²) in [5.74, 6) is 0. The molecule has 0 radical (unpaired) electrons. The summed E-state index contributed by atoms with van der Waals surface area (Å²) >= 11 is 0. The summed E-state index contributed by atoms with van der Waals surface area (Å²) in [6.07, 6.45) is 1.09. The van der Waals surface area contributed by atoms with Gasteiger partial charge in [0.25, 0.3) is 10.2 Å². The van der Waals surface area contributed by atoms with Crippen molar-refractivity contribution in [3.8, 4) is 0 Å². The number of aliphatic hydroxyl groups excluding tert-OH is 1. The van der Waals surface area contributed by atoms with E-state index >= 15 is 0 Å². The Morgan fingerprint density at radius 3 is 2.20 bits per heavy atom. The Kier molecular flexibility index (Phi) is 5.72. The van der Waals surface area contributed by atoms with E-state index in [2.05, 4.69) is 9.44 Å². The van der Waals surface area contributed by atoms with Crippen LogP contribution in [0.25, 0.3) is 0 Å². The van der Waals surface area contributed by atoms with E-state index in [1.165, 1.54) is 0 Å². The molecule has 0 fully saturated rings. The highest BCUT2D eigenvalue weighted by Crippen LogP contribution is 2.03. The molecular weight excluding hydrogens is 216 g/mol. The van der Waals surface area contributed by atoms with Crippen molar-refractivity contribution in [2.24, 2.45) is 0 Å². The molecule has 92 valence electrons. The predicted octanol–water partition coefficient (Wildman–Crippen LogP) is 0.370. The third-order valence-corrected chi connectivity index (χ3v) is 3.26. The van der Waals surface area contributed by atoms with E-state index in [0.29, 0.717) is 12.8 Å². The van der Waals surface area contributed by atoms with Crippen LogP contribution in [0.15, 0.2) is 0 Å². The van der Waals surface area contributed by atoms with Crippen LogP contribution in [-0.4, -0.2) is 31.7 Å². The molecule has 0 aromatic rings. The molecule has 15 heavy (non-hydrogen) atoms. The summed E-state index contributed by atoms with van der Waals surface area (Å²) < 4.78 is 28.2. The van der Waals surface area contributed by atoms with Crippen LogP contribution >= 0.6 is 0 Å². The summed E-state index contributed by atoms with van der Waals surface area (Å²) in [6, 6.07) is -0.213. The summed E-state index contributed by atoms with van der Waals surface area (Å²) in [7, 11) is -3.48. The lowest BCUT2D eigenvalue weighted by molar-refractivity contribution is 0.270. The lowest BCUT2D eigenvalue weighted by atomic mass is 10.1. The maximum atomic E-state index is 11.6. The average molecular weight is 238 g/mol. The maximum Gasteiger partial charge on any atom is 0.277 e. The first-order chi connectivity index (χ1) is 6.70. The van der Waals surface area contributed by atoms with Gasteiger partial charge in [0, 0.05) is 18.2 Å². The second-order valence-electron chi connectivity index (χ2n) is 4.59. The van der Waals surface area contributed by atoms with Crippen molar-refractivity contribution in [3.05, 3.63) is 0 Å². The Balaban J connectivity index is 4.36. The first-order valence-electron chi connectivity index (χ1n) is 5.12. The van der Waals surface area contributed by atoms with Crippen LogP contribution < -0.4 is 9.44 Å². The smallest absolute Gasteiger partial charge is 0.277 e. The van der Waals surface area contributed by atoms with E-state index < -0.39 is 15.7 Å². The zero-order valence-electron chi connectivity index (χ0n) is 9.87. The van der Waals surface area contributed by atoms with Crippen LogP contribution in [0.4, 0.5) is 0 Å². The first kappa shape index (κ1) is 14.8. The number of aliphatic hydroxyl groups is 1. The highest BCUT2D eigenvalue weighted by molar-refractivity contribution is 7.87. The van der Waals surface area contributed by atoms with Crippen molar-refractivity contribution < 1.29 is 13.5 Å². The molecule has 6 heteroatoms. The molecule has 5 nitrogen and oxygen atoms in total. The minimum absolute atomic E-state index is 0.0173. The van der Waals surface area contributed by atoms with Crippen molar-refractivity contribution in [1.82, 2.24) is 9.44 Å². The molecule has 0 saturated carbocycles. The van der Waals surface area contributed by atoms with E-state index in [1.54, 1.807) is 20.8 Å². The van der Waals surface area contributed by atoms with Gasteiger partial charge in [-0.3, -0.25) is 0 Å². The minimum Gasteiger partial charge on any atom is -0.396 e. The van der Waals surface area contributed by atoms with Gasteiger partial charge in [-0.2, -0.15) is 17.9 Å². The topological polar surface area (TPSA) is 78.4 Å². The monoisotopic (exact) mass is 238 g/mol. The van der Waals surface area contributed by atoms with Gasteiger partial charge in [0.15, 0.2) is 0 Å². The summed E-state index contributed by atoms with van der Waals surface area (Å²) in [4.78, 5) is 0. The molecule has 3 N–H and O–H groups in total. The van der Waals surface area contributed by atoms with Crippen molar-refractivity contribution in [3.63, 3.8) is 0 Å². The SMILES string of the molecule is CCC(CCO)NS(=O)(=O)NC(C)(C)C.